The van der Waals surface area contributed by atoms with Gasteiger partial charge in [-0.1, -0.05) is 18.2 Å². The number of amides is 1. The first-order valence-corrected chi connectivity index (χ1v) is 5.39. The summed E-state index contributed by atoms with van der Waals surface area (Å²) in [6, 6.07) is 7.20. The van der Waals surface area contributed by atoms with E-state index in [-0.39, 0.29) is 11.9 Å². The van der Waals surface area contributed by atoms with Gasteiger partial charge in [-0.25, -0.2) is 0 Å². The lowest BCUT2D eigenvalue weighted by atomic mass is 9.88. The molecule has 2 rings (SSSR count). The van der Waals surface area contributed by atoms with Crippen LogP contribution in [0, 0.1) is 0 Å². The third-order valence-corrected chi connectivity index (χ3v) is 3.04. The molecule has 2 unspecified atom stereocenters. The summed E-state index contributed by atoms with van der Waals surface area (Å²) < 4.78 is 5.29. The average Bonchev–Trinajstić information content (AvgIpc) is 2.34. The highest BCUT2D eigenvalue weighted by molar-refractivity contribution is 5.89. The Morgan fingerprint density at radius 1 is 1.44 bits per heavy atom. The Kier molecular flexibility index (Phi) is 2.83. The molecule has 2 N–H and O–H groups in total. The quantitative estimate of drug-likeness (QED) is 0.771. The van der Waals surface area contributed by atoms with Crippen LogP contribution in [0.2, 0.25) is 0 Å². The maximum atomic E-state index is 11.5. The molecule has 0 bridgehead atoms. The number of para-hydroxylation sites is 1. The maximum Gasteiger partial charge on any atom is 0.242 e. The first kappa shape index (κ1) is 11.0. The van der Waals surface area contributed by atoms with Crippen LogP contribution >= 0.6 is 0 Å². The minimum Gasteiger partial charge on any atom is -0.496 e. The van der Waals surface area contributed by atoms with Crippen LogP contribution in [-0.2, 0) is 4.79 Å². The summed E-state index contributed by atoms with van der Waals surface area (Å²) in [5.74, 6) is 0.798. The van der Waals surface area contributed by atoms with E-state index in [1.165, 1.54) is 0 Å². The first-order chi connectivity index (χ1) is 7.70. The lowest BCUT2D eigenvalue weighted by Gasteiger charge is -2.45. The van der Waals surface area contributed by atoms with Crippen molar-refractivity contribution in [3.63, 3.8) is 0 Å². The van der Waals surface area contributed by atoms with Gasteiger partial charge in [-0.05, 0) is 13.0 Å². The molecule has 0 aromatic heterocycles. The number of β-lactam (4-membered cyclic amide) rings is 1. The van der Waals surface area contributed by atoms with Crippen LogP contribution < -0.4 is 10.5 Å². The van der Waals surface area contributed by atoms with Gasteiger partial charge in [0.05, 0.1) is 13.2 Å². The Hall–Kier alpha value is -1.55. The second-order valence-electron chi connectivity index (χ2n) is 3.84. The number of nitrogens with zero attached hydrogens (tertiary/aromatic N) is 1. The number of nitrogens with two attached hydrogens (primary N) is 1. The molecule has 16 heavy (non-hydrogen) atoms. The number of likely N-dealkylation sites (tertiary alicyclic amines) is 1. The van der Waals surface area contributed by atoms with Gasteiger partial charge in [0.25, 0.3) is 0 Å². The number of rotatable bonds is 3. The van der Waals surface area contributed by atoms with Crippen molar-refractivity contribution in [3.05, 3.63) is 29.8 Å². The second kappa shape index (κ2) is 4.14. The van der Waals surface area contributed by atoms with Gasteiger partial charge < -0.3 is 15.4 Å². The number of methoxy groups -OCH3 is 1. The van der Waals surface area contributed by atoms with Crippen LogP contribution in [-0.4, -0.2) is 30.5 Å². The fraction of sp³-hybridized carbons (Fsp3) is 0.417. The highest BCUT2D eigenvalue weighted by Gasteiger charge is 2.45. The van der Waals surface area contributed by atoms with Gasteiger partial charge in [0.2, 0.25) is 5.91 Å². The standard InChI is InChI=1S/C12H16N2O2/c1-3-14-11(10(13)12(14)15)8-6-4-5-7-9(8)16-2/h4-7,10-11H,3,13H2,1-2H3. The fourth-order valence-electron chi connectivity index (χ4n) is 2.20. The topological polar surface area (TPSA) is 55.6 Å². The van der Waals surface area contributed by atoms with Crippen LogP contribution in [0.5, 0.6) is 5.75 Å². The molecule has 1 aromatic rings. The molecule has 1 amide bonds. The molecule has 1 aliphatic heterocycles. The molecule has 1 aromatic carbocycles. The number of carbonyl (C=O) groups excluding carboxylic acids is 1. The van der Waals surface area contributed by atoms with Crippen LogP contribution in [0.1, 0.15) is 18.5 Å². The summed E-state index contributed by atoms with van der Waals surface area (Å²) in [5.41, 5.74) is 6.83. The summed E-state index contributed by atoms with van der Waals surface area (Å²) in [5, 5.41) is 0. The van der Waals surface area contributed by atoms with Gasteiger partial charge in [0.1, 0.15) is 11.8 Å². The predicted molar refractivity (Wildman–Crippen MR) is 61.1 cm³/mol. The van der Waals surface area contributed by atoms with E-state index in [9.17, 15) is 4.79 Å². The molecule has 1 saturated heterocycles. The molecule has 0 saturated carbocycles. The number of hydrogen-bond acceptors (Lipinski definition) is 3. The van der Waals surface area contributed by atoms with Crippen molar-refractivity contribution >= 4 is 5.91 Å². The van der Waals surface area contributed by atoms with E-state index in [1.807, 2.05) is 31.2 Å². The Balaban J connectivity index is 2.33. The Morgan fingerprint density at radius 2 is 2.12 bits per heavy atom. The first-order valence-electron chi connectivity index (χ1n) is 5.39. The van der Waals surface area contributed by atoms with E-state index in [1.54, 1.807) is 12.0 Å². The number of hydrogen-bond donors (Lipinski definition) is 1. The Labute approximate surface area is 95.0 Å². The second-order valence-corrected chi connectivity index (χ2v) is 3.84. The van der Waals surface area contributed by atoms with Crippen LogP contribution in [0.3, 0.4) is 0 Å². The van der Waals surface area contributed by atoms with Gasteiger partial charge in [-0.2, -0.15) is 0 Å². The third-order valence-electron chi connectivity index (χ3n) is 3.04. The molecule has 4 heteroatoms. The molecule has 1 fully saturated rings. The van der Waals surface area contributed by atoms with Gasteiger partial charge in [0.15, 0.2) is 0 Å². The van der Waals surface area contributed by atoms with Crippen molar-refractivity contribution in [1.82, 2.24) is 4.90 Å². The summed E-state index contributed by atoms with van der Waals surface area (Å²) in [4.78, 5) is 13.3. The molecule has 0 aliphatic carbocycles. The number of ether oxygens (including phenoxy) is 1. The number of carbonyl (C=O) groups is 1. The van der Waals surface area contributed by atoms with Crippen molar-refractivity contribution in [1.29, 1.82) is 0 Å². The zero-order valence-electron chi connectivity index (χ0n) is 9.51. The smallest absolute Gasteiger partial charge is 0.242 e. The fourth-order valence-corrected chi connectivity index (χ4v) is 2.20. The third kappa shape index (κ3) is 1.46. The molecule has 1 aliphatic rings. The molecule has 0 spiro atoms. The lowest BCUT2D eigenvalue weighted by Crippen LogP contribution is -2.62. The summed E-state index contributed by atoms with van der Waals surface area (Å²) in [6.07, 6.45) is 0. The van der Waals surface area contributed by atoms with E-state index >= 15 is 0 Å². The molecular formula is C12H16N2O2. The van der Waals surface area contributed by atoms with Crippen LogP contribution in [0.4, 0.5) is 0 Å². The van der Waals surface area contributed by atoms with Gasteiger partial charge in [-0.3, -0.25) is 4.79 Å². The number of benzene rings is 1. The Bertz CT molecular complexity index is 406. The Morgan fingerprint density at radius 3 is 2.75 bits per heavy atom. The summed E-state index contributed by atoms with van der Waals surface area (Å²) in [6.45, 7) is 2.63. The monoisotopic (exact) mass is 220 g/mol. The van der Waals surface area contributed by atoms with Crippen LogP contribution in [0.15, 0.2) is 24.3 Å². The van der Waals surface area contributed by atoms with E-state index in [4.69, 9.17) is 10.5 Å². The molecule has 4 nitrogen and oxygen atoms in total. The molecule has 2 atom stereocenters. The van der Waals surface area contributed by atoms with Crippen LogP contribution in [0.25, 0.3) is 0 Å². The minimum atomic E-state index is -0.434. The summed E-state index contributed by atoms with van der Waals surface area (Å²) in [7, 11) is 1.63. The molecular weight excluding hydrogens is 204 g/mol. The maximum absolute atomic E-state index is 11.5. The molecule has 0 radical (unpaired) electrons. The van der Waals surface area contributed by atoms with E-state index in [0.717, 1.165) is 11.3 Å². The van der Waals surface area contributed by atoms with Crippen molar-refractivity contribution in [2.45, 2.75) is 19.0 Å². The van der Waals surface area contributed by atoms with E-state index in [0.29, 0.717) is 6.54 Å². The highest BCUT2D eigenvalue weighted by Crippen LogP contribution is 2.37. The van der Waals surface area contributed by atoms with Gasteiger partial charge in [-0.15, -0.1) is 0 Å². The minimum absolute atomic E-state index is 0.0124. The normalized spacial score (nSPS) is 24.2. The average molecular weight is 220 g/mol. The van der Waals surface area contributed by atoms with Gasteiger partial charge in [0, 0.05) is 12.1 Å². The zero-order chi connectivity index (χ0) is 11.7. The lowest BCUT2D eigenvalue weighted by molar-refractivity contribution is -0.149. The predicted octanol–water partition coefficient (Wildman–Crippen LogP) is 0.926. The van der Waals surface area contributed by atoms with Crippen molar-refractivity contribution < 1.29 is 9.53 Å². The SMILES string of the molecule is CCN1C(=O)C(N)C1c1ccccc1OC. The summed E-state index contributed by atoms with van der Waals surface area (Å²) >= 11 is 0. The molecule has 1 heterocycles. The van der Waals surface area contributed by atoms with Crippen molar-refractivity contribution in [2.24, 2.45) is 5.73 Å². The largest absolute Gasteiger partial charge is 0.496 e. The zero-order valence-corrected chi connectivity index (χ0v) is 9.51. The van der Waals surface area contributed by atoms with Crippen molar-refractivity contribution in [2.75, 3.05) is 13.7 Å². The van der Waals surface area contributed by atoms with Gasteiger partial charge >= 0.3 is 0 Å². The van der Waals surface area contributed by atoms with Crippen molar-refractivity contribution in [3.8, 4) is 5.75 Å². The van der Waals surface area contributed by atoms with E-state index < -0.39 is 6.04 Å². The number of likely N-dealkylation sites (N-methyl/N-ethyl adjacent to an activating group) is 1. The highest BCUT2D eigenvalue weighted by atomic mass is 16.5. The molecule has 86 valence electrons. The van der Waals surface area contributed by atoms with E-state index in [2.05, 4.69) is 0 Å².